The zero-order valence-corrected chi connectivity index (χ0v) is 11.5. The van der Waals surface area contributed by atoms with Crippen molar-refractivity contribution in [3.8, 4) is 0 Å². The summed E-state index contributed by atoms with van der Waals surface area (Å²) in [5, 5.41) is 0. The van der Waals surface area contributed by atoms with Crippen molar-refractivity contribution >= 4 is 0 Å². The summed E-state index contributed by atoms with van der Waals surface area (Å²) in [6.07, 6.45) is 9.09. The van der Waals surface area contributed by atoms with Crippen LogP contribution in [-0.2, 0) is 0 Å². The quantitative estimate of drug-likeness (QED) is 0.689. The number of hydrogen-bond donors (Lipinski definition) is 0. The molecule has 0 amide bonds. The molecule has 92 valence electrons. The van der Waals surface area contributed by atoms with Crippen LogP contribution in [0.4, 0.5) is 0 Å². The normalized spacial score (nSPS) is 54.9. The van der Waals surface area contributed by atoms with E-state index in [1.165, 1.54) is 45.1 Å². The highest BCUT2D eigenvalue weighted by Crippen LogP contribution is 2.69. The van der Waals surface area contributed by atoms with Crippen LogP contribution < -0.4 is 0 Å². The van der Waals surface area contributed by atoms with Crippen LogP contribution in [0.2, 0.25) is 0 Å². The molecular weight excluding hydrogens is 194 g/mol. The molecule has 1 nitrogen and oxygen atoms in total. The van der Waals surface area contributed by atoms with Gasteiger partial charge in [-0.05, 0) is 74.8 Å². The first-order valence-electron chi connectivity index (χ1n) is 6.97. The van der Waals surface area contributed by atoms with Gasteiger partial charge in [-0.25, -0.2) is 0 Å². The van der Waals surface area contributed by atoms with Crippen LogP contribution in [0.1, 0.15) is 52.4 Å². The molecule has 4 saturated carbocycles. The molecule has 0 heterocycles. The van der Waals surface area contributed by atoms with E-state index in [0.717, 1.165) is 5.92 Å². The van der Waals surface area contributed by atoms with Crippen molar-refractivity contribution in [2.24, 2.45) is 22.2 Å². The standard InChI is InChI=1S/C15H27N/c1-13-5-12-6-14(2,8-13)10-15(7-12,9-13)11-16(3)4/h12H,5-11H2,1-4H3. The smallest absolute Gasteiger partial charge is 0.00324 e. The van der Waals surface area contributed by atoms with Crippen LogP contribution in [-0.4, -0.2) is 25.5 Å². The Morgan fingerprint density at radius 2 is 1.50 bits per heavy atom. The van der Waals surface area contributed by atoms with E-state index in [2.05, 4.69) is 32.8 Å². The minimum Gasteiger partial charge on any atom is -0.309 e. The summed E-state index contributed by atoms with van der Waals surface area (Å²) in [6, 6.07) is 0. The maximum absolute atomic E-state index is 2.57. The summed E-state index contributed by atoms with van der Waals surface area (Å²) < 4.78 is 0. The van der Waals surface area contributed by atoms with Gasteiger partial charge in [0.1, 0.15) is 0 Å². The molecule has 4 fully saturated rings. The minimum absolute atomic E-state index is 0.673. The predicted molar refractivity (Wildman–Crippen MR) is 68.4 cm³/mol. The van der Waals surface area contributed by atoms with Gasteiger partial charge in [0.05, 0.1) is 0 Å². The van der Waals surface area contributed by atoms with E-state index in [0.29, 0.717) is 16.2 Å². The van der Waals surface area contributed by atoms with Gasteiger partial charge in [0.15, 0.2) is 0 Å². The van der Waals surface area contributed by atoms with Crippen LogP contribution in [0.25, 0.3) is 0 Å². The van der Waals surface area contributed by atoms with Crippen molar-refractivity contribution in [2.45, 2.75) is 52.4 Å². The second kappa shape index (κ2) is 3.04. The summed E-state index contributed by atoms with van der Waals surface area (Å²) in [4.78, 5) is 2.43. The van der Waals surface area contributed by atoms with Crippen molar-refractivity contribution in [3.05, 3.63) is 0 Å². The largest absolute Gasteiger partial charge is 0.309 e. The zero-order valence-electron chi connectivity index (χ0n) is 11.5. The number of hydrogen-bond acceptors (Lipinski definition) is 1. The second-order valence-electron chi connectivity index (χ2n) is 8.37. The lowest BCUT2D eigenvalue weighted by atomic mass is 9.40. The molecule has 0 aromatic heterocycles. The third-order valence-corrected chi connectivity index (χ3v) is 5.39. The number of rotatable bonds is 2. The predicted octanol–water partition coefficient (Wildman–Crippen LogP) is 3.54. The van der Waals surface area contributed by atoms with E-state index < -0.39 is 0 Å². The maximum Gasteiger partial charge on any atom is 0.00324 e. The van der Waals surface area contributed by atoms with Crippen molar-refractivity contribution in [1.29, 1.82) is 0 Å². The monoisotopic (exact) mass is 221 g/mol. The molecule has 0 aliphatic heterocycles. The summed E-state index contributed by atoms with van der Waals surface area (Å²) in [6.45, 7) is 6.47. The molecular formula is C15H27N. The summed E-state index contributed by atoms with van der Waals surface area (Å²) in [5.74, 6) is 1.05. The second-order valence-corrected chi connectivity index (χ2v) is 8.37. The third kappa shape index (κ3) is 1.63. The lowest BCUT2D eigenvalue weighted by Gasteiger charge is -2.66. The molecule has 0 aromatic carbocycles. The SMILES string of the molecule is CN(C)CC12CC3CC(C)(CC(C)(C3)C1)C2. The highest BCUT2D eigenvalue weighted by atomic mass is 15.1. The Kier molecular flexibility index (Phi) is 2.11. The Morgan fingerprint density at radius 3 is 1.94 bits per heavy atom. The van der Waals surface area contributed by atoms with Gasteiger partial charge < -0.3 is 4.90 Å². The lowest BCUT2D eigenvalue weighted by Crippen LogP contribution is -2.57. The van der Waals surface area contributed by atoms with Gasteiger partial charge in [0.2, 0.25) is 0 Å². The minimum atomic E-state index is 0.673. The van der Waals surface area contributed by atoms with E-state index in [1.807, 2.05) is 0 Å². The van der Waals surface area contributed by atoms with Gasteiger partial charge in [0.25, 0.3) is 0 Å². The van der Waals surface area contributed by atoms with Crippen LogP contribution in [0.15, 0.2) is 0 Å². The van der Waals surface area contributed by atoms with Gasteiger partial charge in [-0.1, -0.05) is 13.8 Å². The van der Waals surface area contributed by atoms with Crippen LogP contribution in [0, 0.1) is 22.2 Å². The fourth-order valence-corrected chi connectivity index (χ4v) is 6.53. The Bertz CT molecular complexity index is 285. The molecule has 0 N–H and O–H groups in total. The molecule has 4 rings (SSSR count). The molecule has 0 saturated heterocycles. The topological polar surface area (TPSA) is 3.24 Å². The van der Waals surface area contributed by atoms with E-state index in [-0.39, 0.29) is 0 Å². The molecule has 0 spiro atoms. The molecule has 4 bridgehead atoms. The molecule has 4 aliphatic carbocycles. The third-order valence-electron chi connectivity index (χ3n) is 5.39. The fraction of sp³-hybridized carbons (Fsp3) is 1.00. The lowest BCUT2D eigenvalue weighted by molar-refractivity contribution is -0.150. The molecule has 0 aromatic rings. The molecule has 2 unspecified atom stereocenters. The van der Waals surface area contributed by atoms with Gasteiger partial charge >= 0.3 is 0 Å². The average molecular weight is 221 g/mol. The first kappa shape index (κ1) is 11.1. The fourth-order valence-electron chi connectivity index (χ4n) is 6.53. The van der Waals surface area contributed by atoms with E-state index in [4.69, 9.17) is 0 Å². The Morgan fingerprint density at radius 1 is 0.938 bits per heavy atom. The summed E-state index contributed by atoms with van der Waals surface area (Å²) >= 11 is 0. The first-order chi connectivity index (χ1) is 7.32. The van der Waals surface area contributed by atoms with Crippen LogP contribution >= 0.6 is 0 Å². The molecule has 16 heavy (non-hydrogen) atoms. The van der Waals surface area contributed by atoms with E-state index in [1.54, 1.807) is 0 Å². The Hall–Kier alpha value is -0.0400. The molecule has 1 heteroatoms. The summed E-state index contributed by atoms with van der Waals surface area (Å²) in [7, 11) is 4.51. The van der Waals surface area contributed by atoms with Gasteiger partial charge in [-0.15, -0.1) is 0 Å². The van der Waals surface area contributed by atoms with Crippen molar-refractivity contribution in [1.82, 2.24) is 4.90 Å². The van der Waals surface area contributed by atoms with Crippen molar-refractivity contribution in [2.75, 3.05) is 20.6 Å². The maximum atomic E-state index is 2.57. The van der Waals surface area contributed by atoms with Crippen LogP contribution in [0.5, 0.6) is 0 Å². The first-order valence-corrected chi connectivity index (χ1v) is 6.97. The van der Waals surface area contributed by atoms with Gasteiger partial charge in [-0.2, -0.15) is 0 Å². The highest BCUT2D eigenvalue weighted by Gasteiger charge is 2.59. The number of nitrogens with zero attached hydrogens (tertiary/aromatic N) is 1. The highest BCUT2D eigenvalue weighted by molar-refractivity contribution is 5.10. The van der Waals surface area contributed by atoms with E-state index in [9.17, 15) is 0 Å². The van der Waals surface area contributed by atoms with Gasteiger partial charge in [0, 0.05) is 6.54 Å². The van der Waals surface area contributed by atoms with Crippen molar-refractivity contribution in [3.63, 3.8) is 0 Å². The molecule has 4 aliphatic rings. The van der Waals surface area contributed by atoms with Crippen molar-refractivity contribution < 1.29 is 0 Å². The average Bonchev–Trinajstić information content (AvgIpc) is 1.91. The van der Waals surface area contributed by atoms with Crippen LogP contribution in [0.3, 0.4) is 0 Å². The summed E-state index contributed by atoms with van der Waals surface area (Å²) in [5.41, 5.74) is 2.04. The Balaban J connectivity index is 1.92. The van der Waals surface area contributed by atoms with E-state index >= 15 is 0 Å². The molecule has 2 atom stereocenters. The molecule has 0 radical (unpaired) electrons. The van der Waals surface area contributed by atoms with Gasteiger partial charge in [-0.3, -0.25) is 0 Å². The Labute approximate surface area is 101 Å². The zero-order chi connectivity index (χ0) is 11.6.